The van der Waals surface area contributed by atoms with Crippen molar-refractivity contribution in [3.63, 3.8) is 0 Å². The van der Waals surface area contributed by atoms with E-state index in [4.69, 9.17) is 0 Å². The van der Waals surface area contributed by atoms with Crippen LogP contribution in [0.4, 0.5) is 24.5 Å². The molecule has 2 aromatic carbocycles. The van der Waals surface area contributed by atoms with Crippen LogP contribution in [0.15, 0.2) is 48.5 Å². The number of anilines is 2. The van der Waals surface area contributed by atoms with Crippen LogP contribution in [-0.4, -0.2) is 42.9 Å². The quantitative estimate of drug-likeness (QED) is 0.828. The minimum atomic E-state index is -4.57. The molecule has 1 aliphatic heterocycles. The van der Waals surface area contributed by atoms with Gasteiger partial charge in [0.2, 0.25) is 11.8 Å². The van der Waals surface area contributed by atoms with E-state index in [1.165, 1.54) is 23.1 Å². The van der Waals surface area contributed by atoms with Crippen molar-refractivity contribution in [2.45, 2.75) is 25.6 Å². The third-order valence-electron chi connectivity index (χ3n) is 5.07. The highest BCUT2D eigenvalue weighted by Crippen LogP contribution is 2.34. The maximum Gasteiger partial charge on any atom is 0.418 e. The average molecular weight is 405 g/mol. The number of hydrogen-bond donors (Lipinski definition) is 1. The summed E-state index contributed by atoms with van der Waals surface area (Å²) in [5, 5.41) is 2.30. The molecule has 1 N–H and O–H groups in total. The van der Waals surface area contributed by atoms with Gasteiger partial charge in [0.15, 0.2) is 0 Å². The highest BCUT2D eigenvalue weighted by atomic mass is 19.4. The fourth-order valence-electron chi connectivity index (χ4n) is 3.37. The number of carbonyl (C=O) groups excluding carboxylic acids is 2. The van der Waals surface area contributed by atoms with Crippen LogP contribution in [0.2, 0.25) is 0 Å². The van der Waals surface area contributed by atoms with Crippen molar-refractivity contribution >= 4 is 23.2 Å². The zero-order chi connectivity index (χ0) is 21.2. The lowest BCUT2D eigenvalue weighted by Crippen LogP contribution is -2.47. The first-order chi connectivity index (χ1) is 13.7. The number of alkyl halides is 3. The molecule has 0 spiro atoms. The lowest BCUT2D eigenvalue weighted by Gasteiger charge is -2.28. The zero-order valence-electron chi connectivity index (χ0n) is 16.2. The van der Waals surface area contributed by atoms with Crippen LogP contribution in [0, 0.1) is 0 Å². The molecule has 0 saturated heterocycles. The summed E-state index contributed by atoms with van der Waals surface area (Å²) in [6.07, 6.45) is -3.80. The molecule has 1 atom stereocenters. The van der Waals surface area contributed by atoms with Gasteiger partial charge in [-0.3, -0.25) is 14.5 Å². The van der Waals surface area contributed by atoms with Crippen LogP contribution >= 0.6 is 0 Å². The summed E-state index contributed by atoms with van der Waals surface area (Å²) in [6, 6.07) is 11.8. The maximum atomic E-state index is 13.1. The van der Waals surface area contributed by atoms with Gasteiger partial charge >= 0.3 is 6.18 Å². The molecule has 5 nitrogen and oxygen atoms in total. The maximum absolute atomic E-state index is 13.1. The van der Waals surface area contributed by atoms with E-state index in [0.717, 1.165) is 23.7 Å². The highest BCUT2D eigenvalue weighted by Gasteiger charge is 2.34. The molecule has 2 amide bonds. The summed E-state index contributed by atoms with van der Waals surface area (Å²) >= 11 is 0. The number of likely N-dealkylation sites (N-methyl/N-ethyl adjacent to an activating group) is 1. The number of nitrogens with zero attached hydrogens (tertiary/aromatic N) is 2. The van der Waals surface area contributed by atoms with Crippen LogP contribution in [0.3, 0.4) is 0 Å². The minimum Gasteiger partial charge on any atom is -0.324 e. The lowest BCUT2D eigenvalue weighted by molar-refractivity contribution is -0.137. The molecule has 3 rings (SSSR count). The molecule has 0 unspecified atom stereocenters. The number of para-hydroxylation sites is 2. The number of benzene rings is 2. The Kier molecular flexibility index (Phi) is 5.93. The molecule has 0 saturated carbocycles. The molecular formula is C21H22F3N3O2. The molecule has 154 valence electrons. The Morgan fingerprint density at radius 1 is 1.14 bits per heavy atom. The van der Waals surface area contributed by atoms with Crippen molar-refractivity contribution in [1.82, 2.24) is 4.90 Å². The lowest BCUT2D eigenvalue weighted by atomic mass is 10.1. The average Bonchev–Trinajstić information content (AvgIpc) is 3.10. The smallest absolute Gasteiger partial charge is 0.324 e. The number of nitrogens with one attached hydrogen (secondary N) is 1. The Morgan fingerprint density at radius 3 is 2.52 bits per heavy atom. The summed E-state index contributed by atoms with van der Waals surface area (Å²) in [5.74, 6) is -0.772. The number of hydrogen-bond acceptors (Lipinski definition) is 3. The summed E-state index contributed by atoms with van der Waals surface area (Å²) in [4.78, 5) is 28.4. The monoisotopic (exact) mass is 405 g/mol. The van der Waals surface area contributed by atoms with Gasteiger partial charge in [-0.25, -0.2) is 0 Å². The third-order valence-corrected chi connectivity index (χ3v) is 5.07. The normalized spacial score (nSPS) is 14.6. The van der Waals surface area contributed by atoms with E-state index in [2.05, 4.69) is 5.32 Å². The van der Waals surface area contributed by atoms with Gasteiger partial charge in [-0.15, -0.1) is 0 Å². The number of rotatable bonds is 5. The van der Waals surface area contributed by atoms with Crippen LogP contribution in [-0.2, 0) is 22.2 Å². The Balaban J connectivity index is 1.64. The van der Waals surface area contributed by atoms with E-state index in [0.29, 0.717) is 6.54 Å². The number of amides is 2. The third kappa shape index (κ3) is 4.59. The van der Waals surface area contributed by atoms with E-state index in [1.807, 2.05) is 24.3 Å². The van der Waals surface area contributed by atoms with Crippen LogP contribution < -0.4 is 10.2 Å². The SMILES string of the molecule is C[C@@H](C(=O)N1CCc2ccccc21)N(C)CC(=O)Nc1ccccc1C(F)(F)F. The molecular weight excluding hydrogens is 383 g/mol. The Morgan fingerprint density at radius 2 is 1.79 bits per heavy atom. The standard InChI is InChI=1S/C21H22F3N3O2/c1-14(20(29)27-12-11-15-7-3-6-10-18(15)27)26(2)13-19(28)25-17-9-5-4-8-16(17)21(22,23)24/h3-10,14H,11-13H2,1-2H3,(H,25,28)/t14-/m0/s1. The topological polar surface area (TPSA) is 52.7 Å². The molecule has 29 heavy (non-hydrogen) atoms. The van der Waals surface area contributed by atoms with Gasteiger partial charge in [-0.05, 0) is 44.2 Å². The van der Waals surface area contributed by atoms with Gasteiger partial charge in [0.1, 0.15) is 0 Å². The summed E-state index contributed by atoms with van der Waals surface area (Å²) in [7, 11) is 1.60. The Bertz CT molecular complexity index is 914. The molecule has 0 fully saturated rings. The van der Waals surface area contributed by atoms with Gasteiger partial charge in [0.25, 0.3) is 0 Å². The first kappa shape index (κ1) is 20.9. The molecule has 0 bridgehead atoms. The van der Waals surface area contributed by atoms with Crippen molar-refractivity contribution in [1.29, 1.82) is 0 Å². The van der Waals surface area contributed by atoms with Crippen LogP contribution in [0.25, 0.3) is 0 Å². The van der Waals surface area contributed by atoms with Gasteiger partial charge in [-0.2, -0.15) is 13.2 Å². The molecule has 1 heterocycles. The molecule has 0 aliphatic carbocycles. The van der Waals surface area contributed by atoms with Gasteiger partial charge < -0.3 is 10.2 Å². The summed E-state index contributed by atoms with van der Waals surface area (Å²) < 4.78 is 39.2. The zero-order valence-corrected chi connectivity index (χ0v) is 16.2. The molecule has 2 aromatic rings. The molecule has 1 aliphatic rings. The summed E-state index contributed by atoms with van der Waals surface area (Å²) in [6.45, 7) is 2.04. The second-order valence-electron chi connectivity index (χ2n) is 7.05. The minimum absolute atomic E-state index is 0.152. The van der Waals surface area contributed by atoms with E-state index < -0.39 is 23.7 Å². The van der Waals surface area contributed by atoms with Crippen LogP contribution in [0.5, 0.6) is 0 Å². The molecule has 0 radical (unpaired) electrons. The largest absolute Gasteiger partial charge is 0.418 e. The molecule has 8 heteroatoms. The Labute approximate surface area is 167 Å². The van der Waals surface area contributed by atoms with E-state index in [-0.39, 0.29) is 18.1 Å². The predicted molar refractivity (Wildman–Crippen MR) is 105 cm³/mol. The van der Waals surface area contributed by atoms with Gasteiger partial charge in [0, 0.05) is 12.2 Å². The van der Waals surface area contributed by atoms with Gasteiger partial charge in [-0.1, -0.05) is 30.3 Å². The van der Waals surface area contributed by atoms with E-state index in [9.17, 15) is 22.8 Å². The van der Waals surface area contributed by atoms with Crippen molar-refractivity contribution in [3.8, 4) is 0 Å². The summed E-state index contributed by atoms with van der Waals surface area (Å²) in [5.41, 5.74) is 0.748. The van der Waals surface area contributed by atoms with Crippen molar-refractivity contribution in [2.75, 3.05) is 30.4 Å². The van der Waals surface area contributed by atoms with E-state index in [1.54, 1.807) is 18.9 Å². The Hall–Kier alpha value is -2.87. The number of halogens is 3. The van der Waals surface area contributed by atoms with E-state index >= 15 is 0 Å². The fourth-order valence-corrected chi connectivity index (χ4v) is 3.37. The van der Waals surface area contributed by atoms with Crippen molar-refractivity contribution in [2.24, 2.45) is 0 Å². The fraction of sp³-hybridized carbons (Fsp3) is 0.333. The van der Waals surface area contributed by atoms with Crippen LogP contribution in [0.1, 0.15) is 18.1 Å². The number of fused-ring (bicyclic) bond motifs is 1. The second-order valence-corrected chi connectivity index (χ2v) is 7.05. The molecule has 0 aromatic heterocycles. The van der Waals surface area contributed by atoms with Gasteiger partial charge in [0.05, 0.1) is 23.8 Å². The van der Waals surface area contributed by atoms with Crippen molar-refractivity contribution in [3.05, 3.63) is 59.7 Å². The van der Waals surface area contributed by atoms with Crippen molar-refractivity contribution < 1.29 is 22.8 Å². The number of carbonyl (C=O) groups is 2. The first-order valence-electron chi connectivity index (χ1n) is 9.24. The first-order valence-corrected chi connectivity index (χ1v) is 9.24. The predicted octanol–water partition coefficient (Wildman–Crippen LogP) is 3.55. The highest BCUT2D eigenvalue weighted by molar-refractivity contribution is 5.99. The second kappa shape index (κ2) is 8.24.